The molecule has 0 aliphatic rings. The Balaban J connectivity index is 2.54. The number of allylic oxidation sites excluding steroid dienone is 1. The standard InChI is InChI=1S/C12H18O/c1-5-9(2)6-7-12-8-10(3)13-11(12)4/h5,8-9H,1,6-7H2,2-4H3. The predicted molar refractivity (Wildman–Crippen MR) is 55.9 cm³/mol. The largest absolute Gasteiger partial charge is 0.466 e. The maximum atomic E-state index is 5.45. The second kappa shape index (κ2) is 4.31. The van der Waals surface area contributed by atoms with Gasteiger partial charge in [-0.15, -0.1) is 6.58 Å². The molecule has 13 heavy (non-hydrogen) atoms. The third-order valence-corrected chi connectivity index (χ3v) is 2.42. The highest BCUT2D eigenvalue weighted by Crippen LogP contribution is 2.17. The van der Waals surface area contributed by atoms with Crippen molar-refractivity contribution in [1.29, 1.82) is 0 Å². The molecule has 0 fully saturated rings. The van der Waals surface area contributed by atoms with Crippen LogP contribution in [0.15, 0.2) is 23.1 Å². The lowest BCUT2D eigenvalue weighted by Crippen LogP contribution is -1.93. The van der Waals surface area contributed by atoms with Crippen molar-refractivity contribution in [1.82, 2.24) is 0 Å². The van der Waals surface area contributed by atoms with Gasteiger partial charge in [-0.25, -0.2) is 0 Å². The average Bonchev–Trinajstić information content (AvgIpc) is 2.41. The van der Waals surface area contributed by atoms with E-state index < -0.39 is 0 Å². The van der Waals surface area contributed by atoms with Crippen molar-refractivity contribution in [3.63, 3.8) is 0 Å². The van der Waals surface area contributed by atoms with Crippen LogP contribution in [0, 0.1) is 19.8 Å². The molecule has 1 heteroatoms. The molecule has 0 aliphatic carbocycles. The van der Waals surface area contributed by atoms with Crippen molar-refractivity contribution in [2.75, 3.05) is 0 Å². The first-order chi connectivity index (χ1) is 6.13. The van der Waals surface area contributed by atoms with Gasteiger partial charge in [-0.05, 0) is 44.2 Å². The lowest BCUT2D eigenvalue weighted by Gasteiger charge is -2.03. The van der Waals surface area contributed by atoms with Crippen molar-refractivity contribution in [2.45, 2.75) is 33.6 Å². The number of aryl methyl sites for hydroxylation is 3. The number of hydrogen-bond acceptors (Lipinski definition) is 1. The average molecular weight is 178 g/mol. The van der Waals surface area contributed by atoms with Crippen LogP contribution in [0.4, 0.5) is 0 Å². The van der Waals surface area contributed by atoms with Gasteiger partial charge < -0.3 is 4.42 Å². The molecule has 0 radical (unpaired) electrons. The third-order valence-electron chi connectivity index (χ3n) is 2.42. The summed E-state index contributed by atoms with van der Waals surface area (Å²) in [6.07, 6.45) is 4.25. The van der Waals surface area contributed by atoms with Crippen LogP contribution in [-0.4, -0.2) is 0 Å². The summed E-state index contributed by atoms with van der Waals surface area (Å²) >= 11 is 0. The summed E-state index contributed by atoms with van der Waals surface area (Å²) in [5.41, 5.74) is 1.34. The zero-order valence-corrected chi connectivity index (χ0v) is 8.76. The number of furan rings is 1. The molecule has 0 aliphatic heterocycles. The molecule has 0 saturated carbocycles. The van der Waals surface area contributed by atoms with E-state index in [1.54, 1.807) is 0 Å². The first kappa shape index (κ1) is 10.1. The molecule has 1 aromatic heterocycles. The third kappa shape index (κ3) is 2.76. The van der Waals surface area contributed by atoms with Crippen LogP contribution < -0.4 is 0 Å². The normalized spacial score (nSPS) is 12.8. The van der Waals surface area contributed by atoms with E-state index in [1.165, 1.54) is 5.56 Å². The minimum atomic E-state index is 0.592. The van der Waals surface area contributed by atoms with Gasteiger partial charge in [0, 0.05) is 0 Å². The Morgan fingerprint density at radius 1 is 1.54 bits per heavy atom. The Morgan fingerprint density at radius 2 is 2.23 bits per heavy atom. The van der Waals surface area contributed by atoms with Crippen molar-refractivity contribution < 1.29 is 4.42 Å². The SMILES string of the molecule is C=CC(C)CCc1cc(C)oc1C. The fourth-order valence-electron chi connectivity index (χ4n) is 1.43. The maximum absolute atomic E-state index is 5.45. The maximum Gasteiger partial charge on any atom is 0.104 e. The minimum Gasteiger partial charge on any atom is -0.466 e. The minimum absolute atomic E-state index is 0.592. The molecule has 1 atom stereocenters. The zero-order chi connectivity index (χ0) is 9.84. The van der Waals surface area contributed by atoms with Gasteiger partial charge in [-0.3, -0.25) is 0 Å². The summed E-state index contributed by atoms with van der Waals surface area (Å²) in [7, 11) is 0. The predicted octanol–water partition coefficient (Wildman–Crippen LogP) is 3.65. The van der Waals surface area contributed by atoms with Crippen LogP contribution in [0.25, 0.3) is 0 Å². The van der Waals surface area contributed by atoms with Gasteiger partial charge in [-0.1, -0.05) is 13.0 Å². The monoisotopic (exact) mass is 178 g/mol. The molecule has 1 unspecified atom stereocenters. The van der Waals surface area contributed by atoms with Crippen LogP contribution >= 0.6 is 0 Å². The van der Waals surface area contributed by atoms with E-state index >= 15 is 0 Å². The number of hydrogen-bond donors (Lipinski definition) is 0. The highest BCUT2D eigenvalue weighted by Gasteiger charge is 2.05. The van der Waals surface area contributed by atoms with Crippen molar-refractivity contribution in [3.8, 4) is 0 Å². The van der Waals surface area contributed by atoms with E-state index in [1.807, 2.05) is 19.9 Å². The molecule has 0 spiro atoms. The highest BCUT2D eigenvalue weighted by atomic mass is 16.3. The molecule has 1 rings (SSSR count). The fourth-order valence-corrected chi connectivity index (χ4v) is 1.43. The van der Waals surface area contributed by atoms with Crippen molar-refractivity contribution in [2.24, 2.45) is 5.92 Å². The van der Waals surface area contributed by atoms with E-state index in [2.05, 4.69) is 19.6 Å². The first-order valence-corrected chi connectivity index (χ1v) is 4.82. The van der Waals surface area contributed by atoms with E-state index in [-0.39, 0.29) is 0 Å². The van der Waals surface area contributed by atoms with E-state index in [4.69, 9.17) is 4.42 Å². The van der Waals surface area contributed by atoms with Crippen LogP contribution in [0.1, 0.15) is 30.4 Å². The van der Waals surface area contributed by atoms with Gasteiger partial charge in [0.1, 0.15) is 11.5 Å². The molecular formula is C12H18O. The Hall–Kier alpha value is -0.980. The van der Waals surface area contributed by atoms with Gasteiger partial charge in [0.15, 0.2) is 0 Å². The number of rotatable bonds is 4. The second-order valence-electron chi connectivity index (χ2n) is 3.69. The first-order valence-electron chi connectivity index (χ1n) is 4.82. The van der Waals surface area contributed by atoms with Gasteiger partial charge >= 0.3 is 0 Å². The van der Waals surface area contributed by atoms with Gasteiger partial charge in [0.2, 0.25) is 0 Å². The van der Waals surface area contributed by atoms with Crippen molar-refractivity contribution in [3.05, 3.63) is 35.8 Å². The van der Waals surface area contributed by atoms with E-state index in [0.717, 1.165) is 24.4 Å². The Labute approximate surface area is 80.5 Å². The Morgan fingerprint density at radius 3 is 2.69 bits per heavy atom. The molecule has 1 heterocycles. The van der Waals surface area contributed by atoms with Crippen LogP contribution in [0.3, 0.4) is 0 Å². The van der Waals surface area contributed by atoms with Crippen LogP contribution in [0.2, 0.25) is 0 Å². The van der Waals surface area contributed by atoms with Gasteiger partial charge in [-0.2, -0.15) is 0 Å². The summed E-state index contributed by atoms with van der Waals surface area (Å²) in [4.78, 5) is 0. The zero-order valence-electron chi connectivity index (χ0n) is 8.76. The van der Waals surface area contributed by atoms with E-state index in [9.17, 15) is 0 Å². The molecule has 72 valence electrons. The van der Waals surface area contributed by atoms with E-state index in [0.29, 0.717) is 5.92 Å². The molecular weight excluding hydrogens is 160 g/mol. The van der Waals surface area contributed by atoms with Gasteiger partial charge in [0.25, 0.3) is 0 Å². The van der Waals surface area contributed by atoms with Crippen molar-refractivity contribution >= 4 is 0 Å². The molecule has 0 aromatic carbocycles. The molecule has 0 saturated heterocycles. The summed E-state index contributed by atoms with van der Waals surface area (Å²) in [5.74, 6) is 2.67. The Bertz CT molecular complexity index is 283. The smallest absolute Gasteiger partial charge is 0.104 e. The topological polar surface area (TPSA) is 13.1 Å². The molecule has 1 nitrogen and oxygen atoms in total. The molecule has 0 amide bonds. The summed E-state index contributed by atoms with van der Waals surface area (Å²) < 4.78 is 5.45. The summed E-state index contributed by atoms with van der Waals surface area (Å²) in [5, 5.41) is 0. The molecule has 0 N–H and O–H groups in total. The lowest BCUT2D eigenvalue weighted by atomic mass is 10.0. The van der Waals surface area contributed by atoms with Crippen LogP contribution in [0.5, 0.6) is 0 Å². The Kier molecular flexibility index (Phi) is 3.35. The quantitative estimate of drug-likeness (QED) is 0.641. The lowest BCUT2D eigenvalue weighted by molar-refractivity contribution is 0.499. The summed E-state index contributed by atoms with van der Waals surface area (Å²) in [6.45, 7) is 9.99. The molecule has 1 aromatic rings. The van der Waals surface area contributed by atoms with Crippen LogP contribution in [-0.2, 0) is 6.42 Å². The van der Waals surface area contributed by atoms with Gasteiger partial charge in [0.05, 0.1) is 0 Å². The molecule has 0 bridgehead atoms. The second-order valence-corrected chi connectivity index (χ2v) is 3.69. The highest BCUT2D eigenvalue weighted by molar-refractivity contribution is 5.20. The summed E-state index contributed by atoms with van der Waals surface area (Å²) in [6, 6.07) is 2.13. The fraction of sp³-hybridized carbons (Fsp3) is 0.500.